The first-order valence-electron chi connectivity index (χ1n) is 6.54. The van der Waals surface area contributed by atoms with Crippen LogP contribution in [0, 0.1) is 24.0 Å². The highest BCUT2D eigenvalue weighted by molar-refractivity contribution is 7.92. The van der Waals surface area contributed by atoms with Gasteiger partial charge in [0.25, 0.3) is 15.7 Å². The van der Waals surface area contributed by atoms with Crippen molar-refractivity contribution < 1.29 is 13.3 Å². The lowest BCUT2D eigenvalue weighted by molar-refractivity contribution is -0.384. The first-order valence-corrected chi connectivity index (χ1v) is 7.98. The average molecular weight is 320 g/mol. The second kappa shape index (κ2) is 5.76. The molecule has 0 unspecified atom stereocenters. The van der Waals surface area contributed by atoms with Gasteiger partial charge in [0.2, 0.25) is 0 Å². The minimum atomic E-state index is -3.76. The van der Waals surface area contributed by atoms with E-state index in [0.29, 0.717) is 5.69 Å². The lowest BCUT2D eigenvalue weighted by atomic mass is 10.1. The van der Waals surface area contributed by atoms with Crippen molar-refractivity contribution in [3.63, 3.8) is 0 Å². The molecule has 0 atom stereocenters. The highest BCUT2D eigenvalue weighted by Gasteiger charge is 2.23. The predicted molar refractivity (Wildman–Crippen MR) is 84.6 cm³/mol. The smallest absolute Gasteiger partial charge is 0.269 e. The molecule has 2 rings (SSSR count). The van der Waals surface area contributed by atoms with Gasteiger partial charge in [0.05, 0.1) is 15.5 Å². The third-order valence-corrected chi connectivity index (χ3v) is 5.20. The molecule has 0 heterocycles. The van der Waals surface area contributed by atoms with Crippen LogP contribution >= 0.6 is 0 Å². The van der Waals surface area contributed by atoms with Crippen LogP contribution in [0.5, 0.6) is 0 Å². The lowest BCUT2D eigenvalue weighted by Gasteiger charge is -2.21. The Morgan fingerprint density at radius 1 is 1.05 bits per heavy atom. The van der Waals surface area contributed by atoms with Crippen molar-refractivity contribution in [3.05, 3.63) is 63.7 Å². The molecule has 2 aromatic rings. The van der Waals surface area contributed by atoms with Crippen molar-refractivity contribution in [2.45, 2.75) is 18.7 Å². The molecule has 0 aromatic heterocycles. The number of rotatable bonds is 4. The van der Waals surface area contributed by atoms with Crippen LogP contribution in [0.25, 0.3) is 0 Å². The van der Waals surface area contributed by atoms with Gasteiger partial charge in [-0.25, -0.2) is 8.42 Å². The van der Waals surface area contributed by atoms with Crippen molar-refractivity contribution in [3.8, 4) is 0 Å². The van der Waals surface area contributed by atoms with Gasteiger partial charge >= 0.3 is 0 Å². The van der Waals surface area contributed by atoms with Gasteiger partial charge in [-0.1, -0.05) is 12.1 Å². The van der Waals surface area contributed by atoms with E-state index in [0.717, 1.165) is 11.1 Å². The standard InChI is InChI=1S/C15H16N2O4S/c1-11-4-5-12(2)15(10-11)16(3)22(20,21)14-8-6-13(7-9-14)17(18)19/h4-10H,1-3H3. The number of sulfonamides is 1. The third kappa shape index (κ3) is 2.94. The summed E-state index contributed by atoms with van der Waals surface area (Å²) in [6.45, 7) is 3.71. The van der Waals surface area contributed by atoms with Crippen LogP contribution in [0.2, 0.25) is 0 Å². The third-order valence-electron chi connectivity index (χ3n) is 3.41. The summed E-state index contributed by atoms with van der Waals surface area (Å²) in [6, 6.07) is 10.4. The van der Waals surface area contributed by atoms with E-state index in [-0.39, 0.29) is 10.6 Å². The molecule has 0 amide bonds. The Kier molecular flexibility index (Phi) is 4.18. The Balaban J connectivity index is 2.45. The molecule has 0 bridgehead atoms. The van der Waals surface area contributed by atoms with Crippen molar-refractivity contribution in [2.75, 3.05) is 11.4 Å². The van der Waals surface area contributed by atoms with Crippen molar-refractivity contribution in [1.29, 1.82) is 0 Å². The Labute approximate surface area is 129 Å². The van der Waals surface area contributed by atoms with E-state index >= 15 is 0 Å². The maximum atomic E-state index is 12.6. The van der Waals surface area contributed by atoms with E-state index in [1.165, 1.54) is 35.6 Å². The topological polar surface area (TPSA) is 80.5 Å². The molecule has 0 aliphatic carbocycles. The molecule has 0 spiro atoms. The Hall–Kier alpha value is -2.41. The average Bonchev–Trinajstić information content (AvgIpc) is 2.49. The second-order valence-corrected chi connectivity index (χ2v) is 6.98. The number of nitro benzene ring substituents is 1. The van der Waals surface area contributed by atoms with Crippen LogP contribution in [0.4, 0.5) is 11.4 Å². The van der Waals surface area contributed by atoms with Crippen LogP contribution in [0.3, 0.4) is 0 Å². The molecule has 0 saturated heterocycles. The van der Waals surface area contributed by atoms with E-state index in [1.807, 2.05) is 26.0 Å². The van der Waals surface area contributed by atoms with E-state index in [1.54, 1.807) is 6.07 Å². The zero-order valence-electron chi connectivity index (χ0n) is 12.5. The number of aryl methyl sites for hydroxylation is 2. The first-order chi connectivity index (χ1) is 10.2. The molecule has 6 nitrogen and oxygen atoms in total. The molecule has 0 aliphatic rings. The summed E-state index contributed by atoms with van der Waals surface area (Å²) in [5, 5.41) is 10.6. The molecular weight excluding hydrogens is 304 g/mol. The minimum absolute atomic E-state index is 0.0153. The van der Waals surface area contributed by atoms with Crippen molar-refractivity contribution in [1.82, 2.24) is 0 Å². The van der Waals surface area contributed by atoms with Crippen LogP contribution in [-0.2, 0) is 10.0 Å². The van der Waals surface area contributed by atoms with Crippen LogP contribution in [0.15, 0.2) is 47.4 Å². The van der Waals surface area contributed by atoms with Gasteiger partial charge in [0, 0.05) is 19.2 Å². The number of hydrogen-bond donors (Lipinski definition) is 0. The molecule has 0 aliphatic heterocycles. The fourth-order valence-corrected chi connectivity index (χ4v) is 3.34. The largest absolute Gasteiger partial charge is 0.269 e. The van der Waals surface area contributed by atoms with Gasteiger partial charge in [-0.15, -0.1) is 0 Å². The number of hydrogen-bond acceptors (Lipinski definition) is 4. The quantitative estimate of drug-likeness (QED) is 0.640. The number of benzene rings is 2. The maximum Gasteiger partial charge on any atom is 0.269 e. The molecule has 0 radical (unpaired) electrons. The zero-order chi connectivity index (χ0) is 16.5. The number of non-ortho nitro benzene ring substituents is 1. The predicted octanol–water partition coefficient (Wildman–Crippen LogP) is 3.04. The van der Waals surface area contributed by atoms with E-state index in [9.17, 15) is 18.5 Å². The van der Waals surface area contributed by atoms with Gasteiger partial charge in [-0.05, 0) is 43.2 Å². The van der Waals surface area contributed by atoms with Gasteiger partial charge < -0.3 is 0 Å². The summed E-state index contributed by atoms with van der Waals surface area (Å²) in [6.07, 6.45) is 0. The normalized spacial score (nSPS) is 11.2. The molecule has 2 aromatic carbocycles. The lowest BCUT2D eigenvalue weighted by Crippen LogP contribution is -2.27. The number of nitrogens with zero attached hydrogens (tertiary/aromatic N) is 2. The maximum absolute atomic E-state index is 12.6. The van der Waals surface area contributed by atoms with Crippen LogP contribution < -0.4 is 4.31 Å². The van der Waals surface area contributed by atoms with E-state index < -0.39 is 14.9 Å². The van der Waals surface area contributed by atoms with Gasteiger partial charge in [-0.3, -0.25) is 14.4 Å². The number of anilines is 1. The van der Waals surface area contributed by atoms with Gasteiger partial charge in [0.1, 0.15) is 0 Å². The fourth-order valence-electron chi connectivity index (χ4n) is 2.09. The van der Waals surface area contributed by atoms with Crippen molar-refractivity contribution in [2.24, 2.45) is 0 Å². The molecular formula is C15H16N2O4S. The fraction of sp³-hybridized carbons (Fsp3) is 0.200. The Morgan fingerprint density at radius 2 is 1.64 bits per heavy atom. The summed E-state index contributed by atoms with van der Waals surface area (Å²) in [5.41, 5.74) is 2.22. The zero-order valence-corrected chi connectivity index (χ0v) is 13.3. The highest BCUT2D eigenvalue weighted by atomic mass is 32.2. The molecule has 0 N–H and O–H groups in total. The Bertz CT molecular complexity index is 814. The monoisotopic (exact) mass is 320 g/mol. The first kappa shape index (κ1) is 16.0. The highest BCUT2D eigenvalue weighted by Crippen LogP contribution is 2.27. The van der Waals surface area contributed by atoms with E-state index in [4.69, 9.17) is 0 Å². The van der Waals surface area contributed by atoms with Gasteiger partial charge in [-0.2, -0.15) is 0 Å². The molecule has 116 valence electrons. The molecule has 22 heavy (non-hydrogen) atoms. The summed E-state index contributed by atoms with van der Waals surface area (Å²) >= 11 is 0. The van der Waals surface area contributed by atoms with Crippen molar-refractivity contribution >= 4 is 21.4 Å². The number of nitro groups is 1. The summed E-state index contributed by atoms with van der Waals surface area (Å²) < 4.78 is 26.5. The van der Waals surface area contributed by atoms with E-state index in [2.05, 4.69) is 0 Å². The SMILES string of the molecule is Cc1ccc(C)c(N(C)S(=O)(=O)c2ccc([N+](=O)[O-])cc2)c1. The summed E-state index contributed by atoms with van der Waals surface area (Å²) in [7, 11) is -2.29. The Morgan fingerprint density at radius 3 is 2.18 bits per heavy atom. The summed E-state index contributed by atoms with van der Waals surface area (Å²) in [4.78, 5) is 10.1. The van der Waals surface area contributed by atoms with Gasteiger partial charge in [0.15, 0.2) is 0 Å². The van der Waals surface area contributed by atoms with Crippen LogP contribution in [-0.4, -0.2) is 20.4 Å². The second-order valence-electron chi connectivity index (χ2n) is 5.01. The van der Waals surface area contributed by atoms with Crippen LogP contribution in [0.1, 0.15) is 11.1 Å². The summed E-state index contributed by atoms with van der Waals surface area (Å²) in [5.74, 6) is 0. The minimum Gasteiger partial charge on any atom is -0.269 e. The molecule has 0 fully saturated rings. The molecule has 7 heteroatoms. The molecule has 0 saturated carbocycles.